The molecule has 0 spiro atoms. The maximum atomic E-state index is 6.11. The van der Waals surface area contributed by atoms with E-state index in [0.717, 1.165) is 12.2 Å². The number of methoxy groups -OCH3 is 1. The fraction of sp³-hybridized carbons (Fsp3) is 0.625. The second-order valence-electron chi connectivity index (χ2n) is 5.38. The van der Waals surface area contributed by atoms with Gasteiger partial charge in [0.2, 0.25) is 0 Å². The van der Waals surface area contributed by atoms with E-state index >= 15 is 0 Å². The van der Waals surface area contributed by atoms with Crippen LogP contribution < -0.4 is 10.1 Å². The monoisotopic (exact) mass is 279 g/mol. The van der Waals surface area contributed by atoms with Gasteiger partial charge in [-0.1, -0.05) is 17.7 Å². The van der Waals surface area contributed by atoms with E-state index in [9.17, 15) is 0 Å². The molecule has 0 amide bonds. The summed E-state index contributed by atoms with van der Waals surface area (Å²) in [5.74, 6) is 0.954. The lowest BCUT2D eigenvalue weighted by atomic mass is 9.85. The molecule has 2 rings (SSSR count). The van der Waals surface area contributed by atoms with Gasteiger partial charge < -0.3 is 19.5 Å². The predicted molar refractivity (Wildman–Crippen MR) is 79.4 cm³/mol. The van der Waals surface area contributed by atoms with E-state index in [-0.39, 0.29) is 12.2 Å². The molecule has 1 aliphatic rings. The van der Waals surface area contributed by atoms with Crippen molar-refractivity contribution in [3.05, 3.63) is 29.3 Å². The molecule has 0 heterocycles. The topological polar surface area (TPSA) is 39.7 Å². The SMILES string of the molecule is CNC1CC(Oc2ccc(C)cc2C)C1OCCOC. The van der Waals surface area contributed by atoms with E-state index in [1.165, 1.54) is 11.1 Å². The first-order valence-corrected chi connectivity index (χ1v) is 7.17. The van der Waals surface area contributed by atoms with Crippen molar-refractivity contribution in [2.75, 3.05) is 27.4 Å². The van der Waals surface area contributed by atoms with Crippen molar-refractivity contribution in [1.82, 2.24) is 5.32 Å². The normalized spacial score (nSPS) is 25.3. The molecule has 3 atom stereocenters. The minimum Gasteiger partial charge on any atom is -0.487 e. The molecule has 1 saturated carbocycles. The molecular weight excluding hydrogens is 254 g/mol. The third-order valence-electron chi connectivity index (χ3n) is 3.83. The van der Waals surface area contributed by atoms with Crippen molar-refractivity contribution in [3.8, 4) is 5.75 Å². The Labute approximate surface area is 121 Å². The molecule has 0 radical (unpaired) electrons. The lowest BCUT2D eigenvalue weighted by Crippen LogP contribution is -2.60. The van der Waals surface area contributed by atoms with E-state index in [1.54, 1.807) is 7.11 Å². The number of ether oxygens (including phenoxy) is 3. The number of rotatable bonds is 7. The third-order valence-corrected chi connectivity index (χ3v) is 3.83. The Morgan fingerprint density at radius 2 is 2.05 bits per heavy atom. The summed E-state index contributed by atoms with van der Waals surface area (Å²) in [6, 6.07) is 6.63. The molecule has 1 N–H and O–H groups in total. The summed E-state index contributed by atoms with van der Waals surface area (Å²) < 4.78 is 17.0. The zero-order chi connectivity index (χ0) is 14.5. The van der Waals surface area contributed by atoms with Gasteiger partial charge in [0.05, 0.1) is 13.2 Å². The summed E-state index contributed by atoms with van der Waals surface area (Å²) in [6.45, 7) is 5.39. The fourth-order valence-corrected chi connectivity index (χ4v) is 2.56. The molecule has 0 bridgehead atoms. The molecule has 0 saturated heterocycles. The van der Waals surface area contributed by atoms with Crippen LogP contribution in [0.15, 0.2) is 18.2 Å². The standard InChI is InChI=1S/C16H25NO3/c1-11-5-6-14(12(2)9-11)20-15-10-13(17-3)16(15)19-8-7-18-4/h5-6,9,13,15-17H,7-8,10H2,1-4H3. The number of nitrogens with one attached hydrogen (secondary N) is 1. The Hall–Kier alpha value is -1.10. The molecule has 3 unspecified atom stereocenters. The van der Waals surface area contributed by atoms with Crippen molar-refractivity contribution in [1.29, 1.82) is 0 Å². The Bertz CT molecular complexity index is 436. The quantitative estimate of drug-likeness (QED) is 0.776. The van der Waals surface area contributed by atoms with Gasteiger partial charge in [-0.25, -0.2) is 0 Å². The maximum Gasteiger partial charge on any atom is 0.128 e. The number of hydrogen-bond acceptors (Lipinski definition) is 4. The number of likely N-dealkylation sites (N-methyl/N-ethyl adjacent to an activating group) is 1. The van der Waals surface area contributed by atoms with Crippen LogP contribution in [-0.4, -0.2) is 45.6 Å². The van der Waals surface area contributed by atoms with E-state index in [4.69, 9.17) is 14.2 Å². The Balaban J connectivity index is 1.94. The van der Waals surface area contributed by atoms with Crippen molar-refractivity contribution in [2.24, 2.45) is 0 Å². The maximum absolute atomic E-state index is 6.11. The van der Waals surface area contributed by atoms with Gasteiger partial charge in [0.25, 0.3) is 0 Å². The molecule has 1 aromatic rings. The van der Waals surface area contributed by atoms with Gasteiger partial charge in [0, 0.05) is 19.6 Å². The van der Waals surface area contributed by atoms with E-state index in [0.29, 0.717) is 19.3 Å². The highest BCUT2D eigenvalue weighted by molar-refractivity contribution is 5.36. The van der Waals surface area contributed by atoms with Gasteiger partial charge in [0.1, 0.15) is 18.0 Å². The van der Waals surface area contributed by atoms with E-state index in [2.05, 4.69) is 31.3 Å². The highest BCUT2D eigenvalue weighted by Gasteiger charge is 2.43. The lowest BCUT2D eigenvalue weighted by molar-refractivity contribution is -0.114. The number of benzene rings is 1. The second-order valence-corrected chi connectivity index (χ2v) is 5.38. The molecule has 112 valence electrons. The molecule has 0 aliphatic heterocycles. The summed E-state index contributed by atoms with van der Waals surface area (Å²) in [5, 5.41) is 3.27. The lowest BCUT2D eigenvalue weighted by Gasteiger charge is -2.43. The van der Waals surface area contributed by atoms with Crippen molar-refractivity contribution in [2.45, 2.75) is 38.5 Å². The van der Waals surface area contributed by atoms with Crippen molar-refractivity contribution in [3.63, 3.8) is 0 Å². The van der Waals surface area contributed by atoms with Crippen LogP contribution in [0.4, 0.5) is 0 Å². The van der Waals surface area contributed by atoms with Gasteiger partial charge in [-0.3, -0.25) is 0 Å². The van der Waals surface area contributed by atoms with Gasteiger partial charge >= 0.3 is 0 Å². The van der Waals surface area contributed by atoms with Crippen molar-refractivity contribution >= 4 is 0 Å². The number of aryl methyl sites for hydroxylation is 2. The van der Waals surface area contributed by atoms with Crippen LogP contribution in [0.25, 0.3) is 0 Å². The summed E-state index contributed by atoms with van der Waals surface area (Å²) in [6.07, 6.45) is 1.18. The van der Waals surface area contributed by atoms with Gasteiger partial charge in [-0.15, -0.1) is 0 Å². The second kappa shape index (κ2) is 7.07. The van der Waals surface area contributed by atoms with Crippen LogP contribution >= 0.6 is 0 Å². The number of hydrogen-bond donors (Lipinski definition) is 1. The van der Waals surface area contributed by atoms with Gasteiger partial charge in [0.15, 0.2) is 0 Å². The molecule has 4 nitrogen and oxygen atoms in total. The molecule has 4 heteroatoms. The van der Waals surface area contributed by atoms with Crippen molar-refractivity contribution < 1.29 is 14.2 Å². The van der Waals surface area contributed by atoms with Crippen LogP contribution in [0.3, 0.4) is 0 Å². The average Bonchev–Trinajstić information content (AvgIpc) is 2.41. The Morgan fingerprint density at radius 3 is 2.70 bits per heavy atom. The summed E-state index contributed by atoms with van der Waals surface area (Å²) in [4.78, 5) is 0. The largest absolute Gasteiger partial charge is 0.487 e. The van der Waals surface area contributed by atoms with E-state index in [1.807, 2.05) is 13.1 Å². The minimum atomic E-state index is 0.0934. The van der Waals surface area contributed by atoms with E-state index < -0.39 is 0 Å². The third kappa shape index (κ3) is 3.51. The van der Waals surface area contributed by atoms with Crippen LogP contribution in [0.1, 0.15) is 17.5 Å². The van der Waals surface area contributed by atoms with Gasteiger partial charge in [-0.05, 0) is 32.5 Å². The van der Waals surface area contributed by atoms with Gasteiger partial charge in [-0.2, -0.15) is 0 Å². The zero-order valence-corrected chi connectivity index (χ0v) is 12.8. The van der Waals surface area contributed by atoms with Crippen LogP contribution in [-0.2, 0) is 9.47 Å². The average molecular weight is 279 g/mol. The highest BCUT2D eigenvalue weighted by Crippen LogP contribution is 2.30. The summed E-state index contributed by atoms with van der Waals surface area (Å²) in [7, 11) is 3.65. The predicted octanol–water partition coefficient (Wildman–Crippen LogP) is 2.07. The van der Waals surface area contributed by atoms with Crippen LogP contribution in [0.5, 0.6) is 5.75 Å². The fourth-order valence-electron chi connectivity index (χ4n) is 2.56. The van der Waals surface area contributed by atoms with Crippen LogP contribution in [0.2, 0.25) is 0 Å². The molecular formula is C16H25NO3. The molecule has 20 heavy (non-hydrogen) atoms. The minimum absolute atomic E-state index is 0.0934. The Morgan fingerprint density at radius 1 is 1.25 bits per heavy atom. The summed E-state index contributed by atoms with van der Waals surface area (Å²) >= 11 is 0. The summed E-state index contributed by atoms with van der Waals surface area (Å²) in [5.41, 5.74) is 2.43. The zero-order valence-electron chi connectivity index (χ0n) is 12.8. The molecule has 1 aliphatic carbocycles. The molecule has 1 aromatic carbocycles. The molecule has 1 fully saturated rings. The first-order valence-electron chi connectivity index (χ1n) is 7.17. The highest BCUT2D eigenvalue weighted by atomic mass is 16.6. The molecule has 0 aromatic heterocycles. The Kier molecular flexibility index (Phi) is 5.40. The first-order chi connectivity index (χ1) is 9.65. The smallest absolute Gasteiger partial charge is 0.128 e. The van der Waals surface area contributed by atoms with Crippen LogP contribution in [0, 0.1) is 13.8 Å². The first kappa shape index (κ1) is 15.3.